The van der Waals surface area contributed by atoms with Crippen LogP contribution in [0.3, 0.4) is 0 Å². The third kappa shape index (κ3) is 1.79. The van der Waals surface area contributed by atoms with E-state index in [1.54, 1.807) is 12.1 Å². The van der Waals surface area contributed by atoms with Gasteiger partial charge in [0.15, 0.2) is 0 Å². The first-order valence-corrected chi connectivity index (χ1v) is 5.40. The monoisotopic (exact) mass is 257 g/mol. The van der Waals surface area contributed by atoms with Gasteiger partial charge in [-0.3, -0.25) is 14.4 Å². The van der Waals surface area contributed by atoms with E-state index in [4.69, 9.17) is 4.42 Å². The third-order valence-electron chi connectivity index (χ3n) is 2.72. The SMILES string of the molecule is O=C(Nc1cc(=O)c2oc=2c1=O)c1ccccc1O. The van der Waals surface area contributed by atoms with Crippen molar-refractivity contribution in [3.8, 4) is 5.75 Å². The number of phenols is 1. The second-order valence-electron chi connectivity index (χ2n) is 3.98. The third-order valence-corrected chi connectivity index (χ3v) is 2.72. The van der Waals surface area contributed by atoms with Crippen molar-refractivity contribution in [2.75, 3.05) is 5.32 Å². The summed E-state index contributed by atoms with van der Waals surface area (Å²) in [4.78, 5) is 34.9. The number of anilines is 1. The van der Waals surface area contributed by atoms with E-state index in [2.05, 4.69) is 5.32 Å². The van der Waals surface area contributed by atoms with Crippen LogP contribution in [-0.2, 0) is 0 Å². The zero-order valence-electron chi connectivity index (χ0n) is 9.47. The minimum atomic E-state index is -0.671. The van der Waals surface area contributed by atoms with E-state index in [-0.39, 0.29) is 27.8 Å². The Balaban J connectivity index is 1.99. The van der Waals surface area contributed by atoms with Gasteiger partial charge in [-0.15, -0.1) is 0 Å². The highest BCUT2D eigenvalue weighted by Gasteiger charge is 2.18. The Morgan fingerprint density at radius 3 is 2.63 bits per heavy atom. The van der Waals surface area contributed by atoms with Crippen LogP contribution < -0.4 is 16.2 Å². The summed E-state index contributed by atoms with van der Waals surface area (Å²) in [5, 5.41) is 11.8. The summed E-state index contributed by atoms with van der Waals surface area (Å²) in [5.74, 6) is -0.882. The Kier molecular flexibility index (Phi) is 2.25. The van der Waals surface area contributed by atoms with Gasteiger partial charge < -0.3 is 14.8 Å². The van der Waals surface area contributed by atoms with Gasteiger partial charge in [-0.05, 0) is 12.1 Å². The van der Waals surface area contributed by atoms with Crippen molar-refractivity contribution in [3.63, 3.8) is 0 Å². The summed E-state index contributed by atoms with van der Waals surface area (Å²) < 4.78 is 4.73. The summed E-state index contributed by atoms with van der Waals surface area (Å²) in [6.07, 6.45) is 0. The largest absolute Gasteiger partial charge is 0.507 e. The predicted octanol–water partition coefficient (Wildman–Crippen LogP) is 0.558. The molecule has 0 fully saturated rings. The molecule has 1 aromatic carbocycles. The molecule has 1 aliphatic heterocycles. The topological polar surface area (TPSA) is 96.6 Å². The van der Waals surface area contributed by atoms with Gasteiger partial charge in [0.1, 0.15) is 5.75 Å². The van der Waals surface area contributed by atoms with Gasteiger partial charge >= 0.3 is 0 Å². The van der Waals surface area contributed by atoms with Gasteiger partial charge in [0.2, 0.25) is 21.7 Å². The first-order chi connectivity index (χ1) is 9.08. The highest BCUT2D eigenvalue weighted by atomic mass is 16.4. The molecule has 6 heteroatoms. The number of hydrogen-bond acceptors (Lipinski definition) is 5. The number of carbonyl (C=O) groups excluding carboxylic acids is 1. The van der Waals surface area contributed by atoms with Gasteiger partial charge in [0, 0.05) is 6.07 Å². The number of hydrogen-bond donors (Lipinski definition) is 2. The van der Waals surface area contributed by atoms with Gasteiger partial charge in [0.05, 0.1) is 11.3 Å². The normalized spacial score (nSPS) is 10.9. The molecular formula is C13H7NO5. The van der Waals surface area contributed by atoms with Crippen LogP contribution >= 0.6 is 0 Å². The highest BCUT2D eigenvalue weighted by molar-refractivity contribution is 6.06. The molecule has 0 saturated heterocycles. The lowest BCUT2D eigenvalue weighted by molar-refractivity contribution is 0.102. The molecular weight excluding hydrogens is 250 g/mol. The number of para-hydroxylation sites is 1. The molecule has 0 aromatic heterocycles. The number of amides is 1. The Morgan fingerprint density at radius 1 is 1.16 bits per heavy atom. The van der Waals surface area contributed by atoms with Crippen LogP contribution in [0.4, 0.5) is 5.69 Å². The maximum atomic E-state index is 11.9. The molecule has 3 rings (SSSR count). The molecule has 2 N–H and O–H groups in total. The number of benzene rings is 1. The van der Waals surface area contributed by atoms with Crippen LogP contribution in [0.25, 0.3) is 0 Å². The van der Waals surface area contributed by atoms with Crippen LogP contribution in [0.5, 0.6) is 5.75 Å². The molecule has 19 heavy (non-hydrogen) atoms. The van der Waals surface area contributed by atoms with E-state index >= 15 is 0 Å². The summed E-state index contributed by atoms with van der Waals surface area (Å²) in [7, 11) is 0. The lowest BCUT2D eigenvalue weighted by Gasteiger charge is -2.04. The Hall–Kier alpha value is -2.89. The highest BCUT2D eigenvalue weighted by Crippen LogP contribution is 2.16. The molecule has 1 aromatic rings. The van der Waals surface area contributed by atoms with E-state index in [1.165, 1.54) is 12.1 Å². The Bertz CT molecular complexity index is 913. The summed E-state index contributed by atoms with van der Waals surface area (Å²) in [6, 6.07) is 6.89. The van der Waals surface area contributed by atoms with Gasteiger partial charge in [-0.1, -0.05) is 12.1 Å². The zero-order valence-corrected chi connectivity index (χ0v) is 9.47. The molecule has 0 radical (unpaired) electrons. The van der Waals surface area contributed by atoms with Crippen LogP contribution in [0.15, 0.2) is 44.3 Å². The van der Waals surface area contributed by atoms with Gasteiger partial charge in [0.25, 0.3) is 5.91 Å². The van der Waals surface area contributed by atoms with Crippen molar-refractivity contribution in [3.05, 3.63) is 67.2 Å². The van der Waals surface area contributed by atoms with Gasteiger partial charge in [-0.25, -0.2) is 0 Å². The second-order valence-corrected chi connectivity index (χ2v) is 3.98. The van der Waals surface area contributed by atoms with Crippen molar-refractivity contribution < 1.29 is 14.3 Å². The fourth-order valence-corrected chi connectivity index (χ4v) is 1.72. The van der Waals surface area contributed by atoms with Crippen LogP contribution in [0.2, 0.25) is 0 Å². The predicted molar refractivity (Wildman–Crippen MR) is 65.0 cm³/mol. The lowest BCUT2D eigenvalue weighted by atomic mass is 10.2. The molecule has 6 nitrogen and oxygen atoms in total. The van der Waals surface area contributed by atoms with E-state index in [9.17, 15) is 19.5 Å². The smallest absolute Gasteiger partial charge is 0.259 e. The maximum Gasteiger partial charge on any atom is 0.259 e. The molecule has 0 unspecified atom stereocenters. The lowest BCUT2D eigenvalue weighted by Crippen LogP contribution is -2.19. The molecule has 0 atom stereocenters. The molecule has 94 valence electrons. The van der Waals surface area contributed by atoms with Crippen molar-refractivity contribution in [2.24, 2.45) is 0 Å². The average molecular weight is 257 g/mol. The maximum absolute atomic E-state index is 11.9. The minimum Gasteiger partial charge on any atom is -0.507 e. The molecule has 2 aliphatic rings. The fourth-order valence-electron chi connectivity index (χ4n) is 1.72. The van der Waals surface area contributed by atoms with Crippen LogP contribution in [0, 0.1) is 10.8 Å². The number of nitrogens with one attached hydrogen (secondary N) is 1. The number of carbonyl (C=O) groups is 1. The van der Waals surface area contributed by atoms with Crippen molar-refractivity contribution in [1.29, 1.82) is 0 Å². The van der Waals surface area contributed by atoms with Crippen molar-refractivity contribution >= 4 is 11.6 Å². The first kappa shape index (κ1) is 11.2. The standard InChI is InChI=1S/C13H7NO5/c15-8-4-2-1-3-6(8)13(18)14-7-5-9(16)11-12(19-11)10(7)17/h1-5,15H,(H,14,18). The first-order valence-electron chi connectivity index (χ1n) is 5.40. The fraction of sp³-hybridized carbons (Fsp3) is 0. The van der Waals surface area contributed by atoms with E-state index < -0.39 is 16.8 Å². The zero-order chi connectivity index (χ0) is 13.6. The minimum absolute atomic E-state index is 0.0140. The van der Waals surface area contributed by atoms with Crippen LogP contribution in [-0.4, -0.2) is 11.0 Å². The van der Waals surface area contributed by atoms with Crippen LogP contribution in [0.1, 0.15) is 10.4 Å². The second kappa shape index (κ2) is 3.81. The molecule has 1 heterocycles. The summed E-state index contributed by atoms with van der Waals surface area (Å²) >= 11 is 0. The molecule has 1 aliphatic carbocycles. The quantitative estimate of drug-likeness (QED) is 0.699. The number of aromatic hydroxyl groups is 1. The Labute approximate surface area is 105 Å². The average Bonchev–Trinajstić information content (AvgIpc) is 3.17. The molecule has 0 bridgehead atoms. The van der Waals surface area contributed by atoms with E-state index in [0.717, 1.165) is 6.07 Å². The van der Waals surface area contributed by atoms with Gasteiger partial charge in [-0.2, -0.15) is 0 Å². The summed E-state index contributed by atoms with van der Waals surface area (Å²) in [6.45, 7) is 0. The number of rotatable bonds is 2. The van der Waals surface area contributed by atoms with Crippen molar-refractivity contribution in [1.82, 2.24) is 0 Å². The Morgan fingerprint density at radius 2 is 1.89 bits per heavy atom. The van der Waals surface area contributed by atoms with E-state index in [1.807, 2.05) is 0 Å². The van der Waals surface area contributed by atoms with E-state index in [0.29, 0.717) is 0 Å². The summed E-state index contributed by atoms with van der Waals surface area (Å²) in [5.41, 5.74) is -1.14. The number of phenolic OH excluding ortho intramolecular Hbond substituents is 1. The molecule has 0 saturated carbocycles. The molecule has 1 amide bonds. The molecule has 0 spiro atoms. The van der Waals surface area contributed by atoms with Crippen molar-refractivity contribution in [2.45, 2.75) is 0 Å².